The lowest BCUT2D eigenvalue weighted by molar-refractivity contribution is -0.385. The fourth-order valence-electron chi connectivity index (χ4n) is 2.47. The van der Waals surface area contributed by atoms with Gasteiger partial charge in [-0.3, -0.25) is 14.9 Å². The van der Waals surface area contributed by atoms with Crippen LogP contribution in [-0.4, -0.2) is 40.3 Å². The van der Waals surface area contributed by atoms with Gasteiger partial charge >= 0.3 is 5.69 Å². The summed E-state index contributed by atoms with van der Waals surface area (Å²) in [4.78, 5) is 22.0. The van der Waals surface area contributed by atoms with Crippen molar-refractivity contribution in [3.63, 3.8) is 0 Å². The van der Waals surface area contributed by atoms with Crippen LogP contribution in [0.15, 0.2) is 41.5 Å². The summed E-state index contributed by atoms with van der Waals surface area (Å²) in [6.45, 7) is -0.259. The minimum atomic E-state index is -0.764. The second-order valence-electron chi connectivity index (χ2n) is 5.84. The third-order valence-electron chi connectivity index (χ3n) is 3.82. The molecule has 1 aliphatic rings. The van der Waals surface area contributed by atoms with Gasteiger partial charge in [-0.15, -0.1) is 23.5 Å². The topological polar surface area (TPSA) is 114 Å². The molecule has 1 amide bonds. The summed E-state index contributed by atoms with van der Waals surface area (Å²) in [6, 6.07) is 9.91. The minimum absolute atomic E-state index is 0.00339. The number of nitrogens with zero attached hydrogens (tertiary/aromatic N) is 2. The van der Waals surface area contributed by atoms with Crippen molar-refractivity contribution in [3.8, 4) is 11.5 Å². The van der Waals surface area contributed by atoms with Crippen molar-refractivity contribution in [2.45, 2.75) is 4.58 Å². The third kappa shape index (κ3) is 5.78. The highest BCUT2D eigenvalue weighted by Crippen LogP contribution is 2.45. The number of nitro groups is 1. The molecule has 2 aromatic carbocycles. The summed E-state index contributed by atoms with van der Waals surface area (Å²) in [7, 11) is 0. The van der Waals surface area contributed by atoms with Gasteiger partial charge in [0.25, 0.3) is 5.91 Å². The van der Waals surface area contributed by atoms with Crippen LogP contribution in [0.25, 0.3) is 0 Å². The van der Waals surface area contributed by atoms with Gasteiger partial charge in [0.15, 0.2) is 6.61 Å². The largest absolute Gasteiger partial charge is 0.502 e. The highest BCUT2D eigenvalue weighted by Gasteiger charge is 2.19. The van der Waals surface area contributed by atoms with Crippen molar-refractivity contribution in [2.24, 2.45) is 5.10 Å². The molecule has 0 bridgehead atoms. The van der Waals surface area contributed by atoms with E-state index < -0.39 is 22.3 Å². The average Bonchev–Trinajstić information content (AvgIpc) is 3.23. The van der Waals surface area contributed by atoms with E-state index in [-0.39, 0.29) is 17.2 Å². The Morgan fingerprint density at radius 1 is 1.34 bits per heavy atom. The van der Waals surface area contributed by atoms with E-state index in [1.807, 2.05) is 47.8 Å². The Morgan fingerprint density at radius 3 is 2.69 bits per heavy atom. The summed E-state index contributed by atoms with van der Waals surface area (Å²) in [5, 5.41) is 24.5. The number of hydrazone groups is 1. The maximum absolute atomic E-state index is 11.9. The van der Waals surface area contributed by atoms with Crippen LogP contribution < -0.4 is 10.2 Å². The van der Waals surface area contributed by atoms with Crippen molar-refractivity contribution < 1.29 is 19.6 Å². The molecule has 3 rings (SSSR count). The van der Waals surface area contributed by atoms with Crippen LogP contribution in [0, 0.1) is 10.1 Å². The minimum Gasteiger partial charge on any atom is -0.502 e. The lowest BCUT2D eigenvalue weighted by atomic mass is 10.2. The molecule has 2 aromatic rings. The number of carbonyl (C=O) groups is 1. The van der Waals surface area contributed by atoms with Crippen LogP contribution in [0.4, 0.5) is 5.69 Å². The molecule has 0 radical (unpaired) electrons. The number of thioether (sulfide) groups is 2. The van der Waals surface area contributed by atoms with Crippen LogP contribution in [-0.2, 0) is 4.79 Å². The van der Waals surface area contributed by atoms with E-state index in [0.29, 0.717) is 10.3 Å². The van der Waals surface area contributed by atoms with Crippen LogP contribution in [0.5, 0.6) is 11.5 Å². The van der Waals surface area contributed by atoms with Gasteiger partial charge in [-0.1, -0.05) is 23.7 Å². The number of hydrogen-bond donors (Lipinski definition) is 2. The van der Waals surface area contributed by atoms with E-state index in [9.17, 15) is 20.0 Å². The number of nitro benzene ring substituents is 1. The van der Waals surface area contributed by atoms with E-state index in [1.54, 1.807) is 0 Å². The highest BCUT2D eigenvalue weighted by molar-refractivity contribution is 8.19. The zero-order chi connectivity index (χ0) is 20.8. The summed E-state index contributed by atoms with van der Waals surface area (Å²) >= 11 is 9.61. The van der Waals surface area contributed by atoms with E-state index >= 15 is 0 Å². The molecule has 0 spiro atoms. The van der Waals surface area contributed by atoms with Gasteiger partial charge in [0, 0.05) is 28.2 Å². The molecule has 0 aliphatic carbocycles. The number of ether oxygens (including phenoxy) is 1. The molecule has 1 heterocycles. The Morgan fingerprint density at radius 2 is 2.03 bits per heavy atom. The van der Waals surface area contributed by atoms with Crippen molar-refractivity contribution in [2.75, 3.05) is 18.1 Å². The van der Waals surface area contributed by atoms with Crippen molar-refractivity contribution in [1.29, 1.82) is 0 Å². The second-order valence-corrected chi connectivity index (χ2v) is 9.01. The number of hydrogen-bond acceptors (Lipinski definition) is 8. The molecule has 1 fully saturated rings. The molecule has 0 aromatic heterocycles. The number of carbonyl (C=O) groups excluding carboxylic acids is 1. The first-order valence-corrected chi connectivity index (χ1v) is 10.9. The van der Waals surface area contributed by atoms with E-state index in [4.69, 9.17) is 16.3 Å². The van der Waals surface area contributed by atoms with Crippen molar-refractivity contribution in [3.05, 3.63) is 62.7 Å². The predicted octanol–water partition coefficient (Wildman–Crippen LogP) is 3.96. The lowest BCUT2D eigenvalue weighted by Crippen LogP contribution is -2.24. The first-order chi connectivity index (χ1) is 13.9. The number of benzene rings is 2. The fraction of sp³-hybridized carbons (Fsp3) is 0.222. The Hall–Kier alpha value is -2.43. The van der Waals surface area contributed by atoms with Gasteiger partial charge in [0.1, 0.15) is 5.75 Å². The Kier molecular flexibility index (Phi) is 7.24. The molecule has 29 heavy (non-hydrogen) atoms. The first-order valence-electron chi connectivity index (χ1n) is 8.39. The number of aromatic hydroxyl groups is 1. The maximum atomic E-state index is 11.9. The van der Waals surface area contributed by atoms with Gasteiger partial charge in [0.05, 0.1) is 15.7 Å². The third-order valence-corrected chi connectivity index (χ3v) is 7.14. The molecule has 1 aliphatic heterocycles. The number of phenolic OH excluding ortho intramolecular Hbond substituents is 1. The van der Waals surface area contributed by atoms with Gasteiger partial charge in [0.2, 0.25) is 5.75 Å². The Balaban J connectivity index is 1.52. The summed E-state index contributed by atoms with van der Waals surface area (Å²) in [6.07, 6.45) is 1.07. The van der Waals surface area contributed by atoms with Crippen LogP contribution in [0.3, 0.4) is 0 Å². The van der Waals surface area contributed by atoms with Crippen LogP contribution in [0.2, 0.25) is 5.02 Å². The maximum Gasteiger partial charge on any atom is 0.312 e. The summed E-state index contributed by atoms with van der Waals surface area (Å²) in [5.74, 6) is 1.74. The molecule has 8 nitrogen and oxygen atoms in total. The van der Waals surface area contributed by atoms with Crippen molar-refractivity contribution in [1.82, 2.24) is 5.43 Å². The molecule has 0 unspecified atom stereocenters. The van der Waals surface area contributed by atoms with E-state index in [1.165, 1.54) is 11.6 Å². The SMILES string of the molecule is O=C(COc1ccc(C2SCCS2)cc1)N/N=C\c1cc(Cl)cc([N+](=O)[O-])c1O. The molecule has 1 saturated heterocycles. The van der Waals surface area contributed by atoms with Gasteiger partial charge in [-0.25, -0.2) is 5.43 Å². The highest BCUT2D eigenvalue weighted by atomic mass is 35.5. The van der Waals surface area contributed by atoms with Gasteiger partial charge in [-0.05, 0) is 23.8 Å². The molecule has 152 valence electrons. The van der Waals surface area contributed by atoms with Crippen LogP contribution in [0.1, 0.15) is 15.7 Å². The molecule has 0 saturated carbocycles. The zero-order valence-corrected chi connectivity index (χ0v) is 17.3. The molecule has 11 heteroatoms. The number of phenols is 1. The Bertz CT molecular complexity index is 934. The second kappa shape index (κ2) is 9.86. The average molecular weight is 454 g/mol. The number of rotatable bonds is 7. The molecule has 0 atom stereocenters. The Labute approximate surface area is 179 Å². The van der Waals surface area contributed by atoms with Gasteiger partial charge < -0.3 is 9.84 Å². The zero-order valence-electron chi connectivity index (χ0n) is 14.9. The summed E-state index contributed by atoms with van der Waals surface area (Å²) < 4.78 is 5.87. The standard InChI is InChI=1S/C18H16ClN3O5S2/c19-13-7-12(17(24)15(8-13)22(25)26)9-20-21-16(23)10-27-14-3-1-11(2-4-14)18-28-5-6-29-18/h1-4,7-9,18,24H,5-6,10H2,(H,21,23)/b20-9-. The molecular weight excluding hydrogens is 438 g/mol. The lowest BCUT2D eigenvalue weighted by Gasteiger charge is -2.10. The predicted molar refractivity (Wildman–Crippen MR) is 115 cm³/mol. The first kappa shape index (κ1) is 21.3. The van der Waals surface area contributed by atoms with Crippen LogP contribution >= 0.6 is 35.1 Å². The number of amides is 1. The summed E-state index contributed by atoms with van der Waals surface area (Å²) in [5.41, 5.74) is 2.90. The fourth-order valence-corrected chi connectivity index (χ4v) is 5.55. The van der Waals surface area contributed by atoms with Gasteiger partial charge in [-0.2, -0.15) is 5.10 Å². The molecular formula is C18H16ClN3O5S2. The van der Waals surface area contributed by atoms with E-state index in [0.717, 1.165) is 23.8 Å². The smallest absolute Gasteiger partial charge is 0.312 e. The quantitative estimate of drug-likeness (QED) is 0.370. The van der Waals surface area contributed by atoms with E-state index in [2.05, 4.69) is 10.5 Å². The molecule has 2 N–H and O–H groups in total. The van der Waals surface area contributed by atoms with Crippen molar-refractivity contribution >= 4 is 52.9 Å². The number of nitrogens with one attached hydrogen (secondary N) is 1. The number of halogens is 1. The normalized spacial score (nSPS) is 14.2. The monoisotopic (exact) mass is 453 g/mol.